The second-order valence-electron chi connectivity index (χ2n) is 5.20. The molecule has 118 valence electrons. The van der Waals surface area contributed by atoms with E-state index in [2.05, 4.69) is 15.7 Å². The maximum absolute atomic E-state index is 12.4. The third-order valence-electron chi connectivity index (χ3n) is 3.50. The summed E-state index contributed by atoms with van der Waals surface area (Å²) < 4.78 is 38.2. The van der Waals surface area contributed by atoms with Gasteiger partial charge < -0.3 is 10.6 Å². The van der Waals surface area contributed by atoms with Crippen molar-refractivity contribution < 1.29 is 18.0 Å². The lowest BCUT2D eigenvalue weighted by Gasteiger charge is -2.22. The zero-order valence-electron chi connectivity index (χ0n) is 11.6. The summed E-state index contributed by atoms with van der Waals surface area (Å²) in [4.78, 5) is 11.6. The lowest BCUT2D eigenvalue weighted by atomic mass is 9.96. The molecule has 1 aliphatic rings. The van der Waals surface area contributed by atoms with E-state index in [1.807, 2.05) is 0 Å². The van der Waals surface area contributed by atoms with Crippen LogP contribution >= 0.6 is 0 Å². The highest BCUT2D eigenvalue weighted by molar-refractivity contribution is 5.74. The topological polar surface area (TPSA) is 59.0 Å². The van der Waals surface area contributed by atoms with Gasteiger partial charge in [0.2, 0.25) is 0 Å². The molecule has 1 saturated carbocycles. The molecule has 0 aromatic carbocycles. The number of aromatic nitrogens is 2. The number of nitrogens with one attached hydrogen (secondary N) is 2. The van der Waals surface area contributed by atoms with Crippen LogP contribution in [0.4, 0.5) is 18.0 Å². The minimum absolute atomic E-state index is 0.203. The molecule has 0 radical (unpaired) electrons. The third kappa shape index (κ3) is 4.95. The molecule has 2 rings (SSSR count). The van der Waals surface area contributed by atoms with Gasteiger partial charge in [-0.2, -0.15) is 18.3 Å². The van der Waals surface area contributed by atoms with Gasteiger partial charge in [0.25, 0.3) is 0 Å². The molecule has 1 fully saturated rings. The summed E-state index contributed by atoms with van der Waals surface area (Å²) in [6.07, 6.45) is 2.25. The van der Waals surface area contributed by atoms with Crippen LogP contribution in [0.3, 0.4) is 0 Å². The minimum atomic E-state index is -4.43. The molecule has 1 aliphatic carbocycles. The fourth-order valence-electron chi connectivity index (χ4n) is 2.40. The van der Waals surface area contributed by atoms with Crippen LogP contribution in [0.2, 0.25) is 0 Å². The van der Waals surface area contributed by atoms with Gasteiger partial charge in [-0.1, -0.05) is 19.3 Å². The summed E-state index contributed by atoms with van der Waals surface area (Å²) >= 11 is 0. The third-order valence-corrected chi connectivity index (χ3v) is 3.50. The molecule has 1 aromatic rings. The second-order valence-corrected chi connectivity index (χ2v) is 5.20. The van der Waals surface area contributed by atoms with E-state index in [4.69, 9.17) is 0 Å². The highest BCUT2D eigenvalue weighted by atomic mass is 19.4. The van der Waals surface area contributed by atoms with Gasteiger partial charge in [-0.3, -0.25) is 4.68 Å². The number of halogens is 3. The Labute approximate surface area is 120 Å². The number of nitrogens with zero attached hydrogens (tertiary/aromatic N) is 2. The fraction of sp³-hybridized carbons (Fsp3) is 0.692. The van der Waals surface area contributed by atoms with Gasteiger partial charge in [-0.15, -0.1) is 0 Å². The van der Waals surface area contributed by atoms with Crippen LogP contribution in [0.25, 0.3) is 0 Å². The number of carbonyl (C=O) groups is 1. The summed E-state index contributed by atoms with van der Waals surface area (Å²) in [6, 6.07) is 0.854. The molecule has 0 spiro atoms. The Bertz CT molecular complexity index is 466. The molecule has 0 saturated heterocycles. The second kappa shape index (κ2) is 6.82. The molecule has 2 amide bonds. The first-order chi connectivity index (χ1) is 9.95. The van der Waals surface area contributed by atoms with E-state index in [1.54, 1.807) is 0 Å². The molecule has 0 aliphatic heterocycles. The zero-order valence-corrected chi connectivity index (χ0v) is 11.6. The van der Waals surface area contributed by atoms with Crippen LogP contribution < -0.4 is 10.6 Å². The Morgan fingerprint density at radius 1 is 1.33 bits per heavy atom. The number of hydrogen-bond donors (Lipinski definition) is 2. The summed E-state index contributed by atoms with van der Waals surface area (Å²) in [7, 11) is 0. The van der Waals surface area contributed by atoms with Crippen LogP contribution in [0.1, 0.15) is 37.8 Å². The van der Waals surface area contributed by atoms with Crippen LogP contribution in [0.15, 0.2) is 12.3 Å². The molecular formula is C13H19F3N4O. The van der Waals surface area contributed by atoms with Gasteiger partial charge >= 0.3 is 12.2 Å². The number of carbonyl (C=O) groups excluding carboxylic acids is 1. The number of urea groups is 1. The summed E-state index contributed by atoms with van der Waals surface area (Å²) in [5, 5.41) is 8.92. The van der Waals surface area contributed by atoms with Crippen molar-refractivity contribution in [3.63, 3.8) is 0 Å². The Kier molecular flexibility index (Phi) is 5.08. The molecular weight excluding hydrogens is 285 g/mol. The van der Waals surface area contributed by atoms with Gasteiger partial charge in [-0.25, -0.2) is 4.79 Å². The first kappa shape index (κ1) is 15.7. The van der Waals surface area contributed by atoms with Crippen molar-refractivity contribution in [2.75, 3.05) is 6.54 Å². The van der Waals surface area contributed by atoms with Gasteiger partial charge in [0.15, 0.2) is 5.69 Å². The summed E-state index contributed by atoms with van der Waals surface area (Å²) in [6.45, 7) is 0.436. The number of hydrogen-bond acceptors (Lipinski definition) is 2. The van der Waals surface area contributed by atoms with Crippen molar-refractivity contribution in [2.45, 2.75) is 50.9 Å². The highest BCUT2D eigenvalue weighted by Gasteiger charge is 2.33. The molecule has 0 unspecified atom stereocenters. The van der Waals surface area contributed by atoms with E-state index in [0.717, 1.165) is 31.7 Å². The lowest BCUT2D eigenvalue weighted by molar-refractivity contribution is -0.141. The molecule has 2 N–H and O–H groups in total. The van der Waals surface area contributed by atoms with Crippen molar-refractivity contribution >= 4 is 6.03 Å². The van der Waals surface area contributed by atoms with Gasteiger partial charge in [0.05, 0.1) is 6.54 Å². The number of alkyl halides is 3. The largest absolute Gasteiger partial charge is 0.435 e. The van der Waals surface area contributed by atoms with Crippen molar-refractivity contribution in [1.29, 1.82) is 0 Å². The normalized spacial score (nSPS) is 16.7. The molecule has 0 bridgehead atoms. The SMILES string of the molecule is O=C(NCCn1ccc(C(F)(F)F)n1)NC1CCCCC1. The number of amides is 2. The fourth-order valence-corrected chi connectivity index (χ4v) is 2.40. The minimum Gasteiger partial charge on any atom is -0.336 e. The Balaban J connectivity index is 1.69. The standard InChI is InChI=1S/C13H19F3N4O/c14-13(15,16)11-6-8-20(19-11)9-7-17-12(21)18-10-4-2-1-3-5-10/h6,8,10H,1-5,7,9H2,(H2,17,18,21). The van der Waals surface area contributed by atoms with Crippen molar-refractivity contribution in [3.05, 3.63) is 18.0 Å². The number of rotatable bonds is 4. The van der Waals surface area contributed by atoms with E-state index in [1.165, 1.54) is 17.3 Å². The first-order valence-corrected chi connectivity index (χ1v) is 7.10. The maximum Gasteiger partial charge on any atom is 0.435 e. The van der Waals surface area contributed by atoms with E-state index in [-0.39, 0.29) is 25.2 Å². The lowest BCUT2D eigenvalue weighted by Crippen LogP contribution is -2.43. The predicted molar refractivity (Wildman–Crippen MR) is 70.6 cm³/mol. The highest BCUT2D eigenvalue weighted by Crippen LogP contribution is 2.27. The molecule has 5 nitrogen and oxygen atoms in total. The van der Waals surface area contributed by atoms with Crippen LogP contribution in [0.5, 0.6) is 0 Å². The maximum atomic E-state index is 12.4. The van der Waals surface area contributed by atoms with E-state index in [9.17, 15) is 18.0 Å². The quantitative estimate of drug-likeness (QED) is 0.898. The first-order valence-electron chi connectivity index (χ1n) is 7.10. The van der Waals surface area contributed by atoms with Crippen molar-refractivity contribution in [3.8, 4) is 0 Å². The molecule has 1 heterocycles. The average Bonchev–Trinajstić information content (AvgIpc) is 2.88. The smallest absolute Gasteiger partial charge is 0.336 e. The molecule has 21 heavy (non-hydrogen) atoms. The Hall–Kier alpha value is -1.73. The van der Waals surface area contributed by atoms with Crippen LogP contribution in [0, 0.1) is 0 Å². The Morgan fingerprint density at radius 2 is 2.05 bits per heavy atom. The Morgan fingerprint density at radius 3 is 2.67 bits per heavy atom. The van der Waals surface area contributed by atoms with Crippen LogP contribution in [-0.4, -0.2) is 28.4 Å². The van der Waals surface area contributed by atoms with Crippen molar-refractivity contribution in [2.24, 2.45) is 0 Å². The summed E-state index contributed by atoms with van der Waals surface area (Å²) in [5.41, 5.74) is -0.922. The van der Waals surface area contributed by atoms with E-state index >= 15 is 0 Å². The van der Waals surface area contributed by atoms with E-state index < -0.39 is 11.9 Å². The molecule has 1 aromatic heterocycles. The van der Waals surface area contributed by atoms with Crippen molar-refractivity contribution in [1.82, 2.24) is 20.4 Å². The molecule has 0 atom stereocenters. The van der Waals surface area contributed by atoms with Gasteiger partial charge in [0.1, 0.15) is 0 Å². The zero-order chi connectivity index (χ0) is 15.3. The van der Waals surface area contributed by atoms with E-state index in [0.29, 0.717) is 0 Å². The average molecular weight is 304 g/mol. The summed E-state index contributed by atoms with van der Waals surface area (Å²) in [5.74, 6) is 0. The van der Waals surface area contributed by atoms with Crippen LogP contribution in [-0.2, 0) is 12.7 Å². The monoisotopic (exact) mass is 304 g/mol. The van der Waals surface area contributed by atoms with Gasteiger partial charge in [0, 0.05) is 18.8 Å². The van der Waals surface area contributed by atoms with Gasteiger partial charge in [-0.05, 0) is 18.9 Å². The molecule has 8 heteroatoms. The predicted octanol–water partition coefficient (Wildman–Crippen LogP) is 2.53.